The number of ether oxygens (including phenoxy) is 3. The number of aliphatic hydroxyl groups is 1. The van der Waals surface area contributed by atoms with Crippen molar-refractivity contribution in [2.45, 2.75) is 238 Å². The van der Waals surface area contributed by atoms with Crippen molar-refractivity contribution in [2.24, 2.45) is 5.92 Å². The van der Waals surface area contributed by atoms with E-state index in [2.05, 4.69) is 57.2 Å². The van der Waals surface area contributed by atoms with Crippen LogP contribution in [0.25, 0.3) is 0 Å². The molecule has 0 spiro atoms. The van der Waals surface area contributed by atoms with E-state index in [1.165, 1.54) is 135 Å². The normalized spacial score (nSPS) is 16.8. The Kier molecular flexibility index (Phi) is 35.2. The van der Waals surface area contributed by atoms with E-state index >= 15 is 0 Å². The molecule has 0 aromatic rings. The summed E-state index contributed by atoms with van der Waals surface area (Å²) in [6, 6.07) is 0. The first-order valence-corrected chi connectivity index (χ1v) is 23.1. The molecule has 0 aromatic carbocycles. The predicted octanol–water partition coefficient (Wildman–Crippen LogP) is 13.6. The second kappa shape index (κ2) is 38.0. The van der Waals surface area contributed by atoms with Crippen molar-refractivity contribution in [2.75, 3.05) is 13.2 Å². The molecule has 1 aliphatic rings. The number of aliphatic hydroxyl groups excluding tert-OH is 1. The van der Waals surface area contributed by atoms with Crippen molar-refractivity contribution >= 4 is 11.9 Å². The van der Waals surface area contributed by atoms with Crippen LogP contribution in [0, 0.1) is 5.92 Å². The van der Waals surface area contributed by atoms with Gasteiger partial charge in [0.05, 0.1) is 18.8 Å². The Labute approximate surface area is 333 Å². The van der Waals surface area contributed by atoms with Crippen molar-refractivity contribution in [1.82, 2.24) is 0 Å². The quantitative estimate of drug-likeness (QED) is 0.0290. The minimum absolute atomic E-state index is 0.0974. The van der Waals surface area contributed by atoms with Gasteiger partial charge in [-0.05, 0) is 57.3 Å². The Morgan fingerprint density at radius 3 is 1.63 bits per heavy atom. The van der Waals surface area contributed by atoms with Crippen LogP contribution in [0.3, 0.4) is 0 Å². The number of hydrogen-bond donors (Lipinski definition) is 1. The van der Waals surface area contributed by atoms with Crippen molar-refractivity contribution in [3.8, 4) is 0 Å². The summed E-state index contributed by atoms with van der Waals surface area (Å²) in [6.45, 7) is 6.47. The maximum atomic E-state index is 12.2. The summed E-state index contributed by atoms with van der Waals surface area (Å²) in [7, 11) is 0. The van der Waals surface area contributed by atoms with Crippen molar-refractivity contribution in [1.29, 1.82) is 0 Å². The van der Waals surface area contributed by atoms with Gasteiger partial charge in [0.1, 0.15) is 6.61 Å². The summed E-state index contributed by atoms with van der Waals surface area (Å²) in [4.78, 5) is 24.4. The van der Waals surface area contributed by atoms with Crippen LogP contribution < -0.4 is 0 Å². The lowest BCUT2D eigenvalue weighted by Gasteiger charge is -2.15. The van der Waals surface area contributed by atoms with Gasteiger partial charge in [-0.1, -0.05) is 192 Å². The molecule has 1 aliphatic heterocycles. The van der Waals surface area contributed by atoms with Crippen molar-refractivity contribution in [3.63, 3.8) is 0 Å². The van der Waals surface area contributed by atoms with Crippen LogP contribution in [0.15, 0.2) is 36.5 Å². The summed E-state index contributed by atoms with van der Waals surface area (Å²) in [5.74, 6) is 0.255. The highest BCUT2D eigenvalue weighted by molar-refractivity contribution is 5.70. The molecule has 0 saturated carbocycles. The average Bonchev–Trinajstić information content (AvgIpc) is 3.93. The molecule has 4 atom stereocenters. The number of allylic oxidation sites excluding steroid dienone is 4. The van der Waals surface area contributed by atoms with Crippen LogP contribution in [0.5, 0.6) is 0 Å². The highest BCUT2D eigenvalue weighted by Crippen LogP contribution is 2.29. The topological polar surface area (TPSA) is 85.4 Å². The molecule has 1 heterocycles. The molecule has 1 saturated heterocycles. The van der Waals surface area contributed by atoms with Gasteiger partial charge in [-0.3, -0.25) is 9.59 Å². The summed E-state index contributed by atoms with van der Waals surface area (Å²) in [5, 5.41) is 9.60. The fraction of sp³-hybridized carbons (Fsp3) is 0.833. The summed E-state index contributed by atoms with van der Waals surface area (Å²) in [6.07, 6.45) is 49.6. The smallest absolute Gasteiger partial charge is 0.306 e. The zero-order valence-corrected chi connectivity index (χ0v) is 35.6. The zero-order chi connectivity index (χ0) is 39.2. The van der Waals surface area contributed by atoms with Gasteiger partial charge in [0.25, 0.3) is 0 Å². The second-order valence-electron chi connectivity index (χ2n) is 16.1. The lowest BCUT2D eigenvalue weighted by atomic mass is 9.99. The van der Waals surface area contributed by atoms with Crippen molar-refractivity contribution < 1.29 is 28.9 Å². The van der Waals surface area contributed by atoms with E-state index in [4.69, 9.17) is 14.2 Å². The summed E-state index contributed by atoms with van der Waals surface area (Å²) < 4.78 is 16.4. The van der Waals surface area contributed by atoms with Gasteiger partial charge in [-0.2, -0.15) is 0 Å². The van der Waals surface area contributed by atoms with E-state index in [1.807, 2.05) is 0 Å². The van der Waals surface area contributed by atoms with Gasteiger partial charge in [0.15, 0.2) is 6.10 Å². The molecule has 3 unspecified atom stereocenters. The Bertz CT molecular complexity index is 941. The number of unbranched alkanes of at least 4 members (excludes halogenated alkanes) is 21. The van der Waals surface area contributed by atoms with Gasteiger partial charge in [-0.15, -0.1) is 0 Å². The monoisotopic (exact) mass is 759 g/mol. The number of epoxide rings is 1. The number of esters is 2. The highest BCUT2D eigenvalue weighted by atomic mass is 16.6. The van der Waals surface area contributed by atoms with E-state index < -0.39 is 6.10 Å². The first-order chi connectivity index (χ1) is 26.5. The first-order valence-electron chi connectivity index (χ1n) is 23.1. The second-order valence-corrected chi connectivity index (χ2v) is 16.1. The number of carbonyl (C=O) groups is 2. The van der Waals surface area contributed by atoms with Gasteiger partial charge >= 0.3 is 11.9 Å². The largest absolute Gasteiger partial charge is 0.462 e. The highest BCUT2D eigenvalue weighted by Gasteiger charge is 2.36. The van der Waals surface area contributed by atoms with Crippen molar-refractivity contribution in [3.05, 3.63) is 36.5 Å². The fourth-order valence-corrected chi connectivity index (χ4v) is 6.86. The standard InChI is InChI=1S/C48H86O6/c1-4-6-7-8-9-20-24-27-32-37-45-46(54-45)38-33-29-30-34-39-47(50)52-42-44(41-49)53-48(51)40-35-28-25-22-19-17-15-13-11-10-12-14-16-18-21-23-26-31-36-43(3)5-2/h9,20,27,29,32-33,43-46,49H,4-8,10-19,21-26,28,30-31,34-42H2,1-3H3/b20-9-,32-27-,33-29-/t43?,44-,45?,46?/m0/s1. The Morgan fingerprint density at radius 2 is 1.07 bits per heavy atom. The SMILES string of the molecule is CCCCC/C=C\C/C=C\CC1OC1C/C=C\CCCC(=O)OC[C@H](CO)OC(=O)CCCCCCCCCCCCCCCCCCCCC(C)CC. The van der Waals surface area contributed by atoms with E-state index in [0.29, 0.717) is 31.5 Å². The molecular weight excluding hydrogens is 673 g/mol. The molecule has 1 rings (SSSR count). The van der Waals surface area contributed by atoms with E-state index in [9.17, 15) is 14.7 Å². The maximum Gasteiger partial charge on any atom is 0.306 e. The van der Waals surface area contributed by atoms with Gasteiger partial charge < -0.3 is 19.3 Å². The Balaban J connectivity index is 1.87. The Morgan fingerprint density at radius 1 is 0.593 bits per heavy atom. The molecule has 1 N–H and O–H groups in total. The molecule has 0 aliphatic carbocycles. The third-order valence-electron chi connectivity index (χ3n) is 10.9. The zero-order valence-electron chi connectivity index (χ0n) is 35.6. The molecule has 54 heavy (non-hydrogen) atoms. The molecule has 0 aromatic heterocycles. The summed E-state index contributed by atoms with van der Waals surface area (Å²) >= 11 is 0. The molecule has 0 amide bonds. The van der Waals surface area contributed by atoms with Crippen LogP contribution in [0.2, 0.25) is 0 Å². The van der Waals surface area contributed by atoms with Crippen LogP contribution in [0.4, 0.5) is 0 Å². The fourth-order valence-electron chi connectivity index (χ4n) is 6.86. The minimum atomic E-state index is -0.797. The molecule has 1 fully saturated rings. The van der Waals surface area contributed by atoms with Gasteiger partial charge in [-0.25, -0.2) is 0 Å². The van der Waals surface area contributed by atoms with Crippen LogP contribution >= 0.6 is 0 Å². The molecule has 0 radical (unpaired) electrons. The summed E-state index contributed by atoms with van der Waals surface area (Å²) in [5.41, 5.74) is 0. The first kappa shape index (κ1) is 50.1. The Hall–Kier alpha value is -1.92. The van der Waals surface area contributed by atoms with E-state index in [-0.39, 0.29) is 25.2 Å². The number of rotatable bonds is 40. The third kappa shape index (κ3) is 33.4. The molecule has 6 heteroatoms. The maximum absolute atomic E-state index is 12.2. The van der Waals surface area contributed by atoms with E-state index in [0.717, 1.165) is 50.9 Å². The van der Waals surface area contributed by atoms with Crippen LogP contribution in [-0.2, 0) is 23.8 Å². The third-order valence-corrected chi connectivity index (χ3v) is 10.9. The number of carbonyl (C=O) groups excluding carboxylic acids is 2. The molecule has 0 bridgehead atoms. The number of hydrogen-bond acceptors (Lipinski definition) is 6. The minimum Gasteiger partial charge on any atom is -0.462 e. The lowest BCUT2D eigenvalue weighted by Crippen LogP contribution is -2.28. The van der Waals surface area contributed by atoms with Crippen LogP contribution in [-0.4, -0.2) is 48.6 Å². The lowest BCUT2D eigenvalue weighted by molar-refractivity contribution is -0.161. The van der Waals surface area contributed by atoms with E-state index in [1.54, 1.807) is 0 Å². The van der Waals surface area contributed by atoms with Gasteiger partial charge in [0, 0.05) is 12.8 Å². The van der Waals surface area contributed by atoms with Gasteiger partial charge in [0.2, 0.25) is 0 Å². The molecule has 6 nitrogen and oxygen atoms in total. The predicted molar refractivity (Wildman–Crippen MR) is 228 cm³/mol. The average molecular weight is 759 g/mol. The molecular formula is C48H86O6. The van der Waals surface area contributed by atoms with Crippen LogP contribution in [0.1, 0.15) is 220 Å². The molecule has 314 valence electrons.